The van der Waals surface area contributed by atoms with Crippen LogP contribution in [-0.4, -0.2) is 104 Å². The minimum absolute atomic E-state index is 0.0153. The fraction of sp³-hybridized carbons (Fsp3) is 0.611. The summed E-state index contributed by atoms with van der Waals surface area (Å²) in [5.41, 5.74) is 3.88. The Kier molecular flexibility index (Phi) is 7.69. The largest absolute Gasteiger partial charge is 0.349 e. The van der Waals surface area contributed by atoms with Gasteiger partial charge in [0, 0.05) is 92.4 Å². The monoisotopic (exact) mass is 692 g/mol. The van der Waals surface area contributed by atoms with Crippen molar-refractivity contribution < 1.29 is 9.59 Å². The molecule has 3 aromatic rings. The Morgan fingerprint density at radius 1 is 1.06 bits per heavy atom. The zero-order chi connectivity index (χ0) is 33.7. The third kappa shape index (κ3) is 5.16. The van der Waals surface area contributed by atoms with Gasteiger partial charge >= 0.3 is 0 Å². The number of aromatic amines is 1. The van der Waals surface area contributed by atoms with Crippen LogP contribution >= 0.6 is 23.2 Å². The second-order valence-corrected chi connectivity index (χ2v) is 16.8. The Hall–Kier alpha value is -3.08. The van der Waals surface area contributed by atoms with Crippen molar-refractivity contribution in [3.63, 3.8) is 0 Å². The summed E-state index contributed by atoms with van der Waals surface area (Å²) in [6.07, 6.45) is 7.39. The molecule has 1 spiro atoms. The van der Waals surface area contributed by atoms with Gasteiger partial charge in [-0.2, -0.15) is 10.2 Å². The Morgan fingerprint density at radius 2 is 1.77 bits per heavy atom. The highest BCUT2D eigenvalue weighted by molar-refractivity contribution is 6.45. The van der Waals surface area contributed by atoms with Crippen LogP contribution in [0.3, 0.4) is 0 Å². The molecule has 12 heteroatoms. The SMILES string of the molecule is C=CC(=O)N1CC2(CC(n3nc(N4CC[C@@H](CN5C[C@@H]6CN(C(C)=O)C[C@@H]6C5)CC4(C)C)c(-c4c(Cl)c(Cl)cc5[nH]ncc45)c3C)C2)C1. The summed E-state index contributed by atoms with van der Waals surface area (Å²) < 4.78 is 2.23. The summed E-state index contributed by atoms with van der Waals surface area (Å²) in [6.45, 7) is 19.8. The van der Waals surface area contributed by atoms with Gasteiger partial charge in [0.15, 0.2) is 5.82 Å². The number of piperidine rings is 1. The molecule has 6 heterocycles. The summed E-state index contributed by atoms with van der Waals surface area (Å²) in [7, 11) is 0. The molecule has 3 atom stereocenters. The Balaban J connectivity index is 1.07. The number of hydrogen-bond acceptors (Lipinski definition) is 6. The molecule has 0 unspecified atom stereocenters. The summed E-state index contributed by atoms with van der Waals surface area (Å²) >= 11 is 13.8. The maximum absolute atomic E-state index is 12.1. The predicted molar refractivity (Wildman–Crippen MR) is 189 cm³/mol. The lowest BCUT2D eigenvalue weighted by molar-refractivity contribution is -0.149. The lowest BCUT2D eigenvalue weighted by atomic mass is 9.60. The van der Waals surface area contributed by atoms with Crippen LogP contribution in [0.15, 0.2) is 24.9 Å². The number of carbonyl (C=O) groups excluding carboxylic acids is 2. The first kappa shape index (κ1) is 32.1. The molecule has 5 fully saturated rings. The molecule has 5 aliphatic rings. The van der Waals surface area contributed by atoms with Gasteiger partial charge in [0.05, 0.1) is 27.8 Å². The molecule has 256 valence electrons. The average Bonchev–Trinajstić information content (AvgIpc) is 3.76. The van der Waals surface area contributed by atoms with Crippen LogP contribution in [0.25, 0.3) is 22.0 Å². The number of fused-ring (bicyclic) bond motifs is 2. The van der Waals surface area contributed by atoms with Crippen LogP contribution in [0.2, 0.25) is 10.0 Å². The number of carbonyl (C=O) groups is 2. The van der Waals surface area contributed by atoms with E-state index in [1.165, 1.54) is 6.08 Å². The van der Waals surface area contributed by atoms with E-state index in [1.807, 2.05) is 22.1 Å². The number of benzene rings is 1. The van der Waals surface area contributed by atoms with Crippen molar-refractivity contribution in [2.45, 2.75) is 65.0 Å². The van der Waals surface area contributed by atoms with E-state index in [2.05, 4.69) is 52.0 Å². The van der Waals surface area contributed by atoms with E-state index < -0.39 is 0 Å². The van der Waals surface area contributed by atoms with Crippen LogP contribution < -0.4 is 4.90 Å². The van der Waals surface area contributed by atoms with E-state index in [0.717, 1.165) is 112 Å². The van der Waals surface area contributed by atoms with Crippen molar-refractivity contribution in [2.75, 3.05) is 57.3 Å². The number of rotatable bonds is 6. The van der Waals surface area contributed by atoms with Gasteiger partial charge < -0.3 is 19.6 Å². The highest BCUT2D eigenvalue weighted by Gasteiger charge is 2.55. The van der Waals surface area contributed by atoms with Crippen molar-refractivity contribution in [1.82, 2.24) is 34.7 Å². The molecule has 1 N–H and O–H groups in total. The molecule has 0 bridgehead atoms. The van der Waals surface area contributed by atoms with Gasteiger partial charge in [0.2, 0.25) is 11.8 Å². The second-order valence-electron chi connectivity index (χ2n) is 16.1. The van der Waals surface area contributed by atoms with Crippen LogP contribution in [0.1, 0.15) is 58.2 Å². The van der Waals surface area contributed by atoms with E-state index in [0.29, 0.717) is 27.8 Å². The van der Waals surface area contributed by atoms with E-state index in [-0.39, 0.29) is 28.8 Å². The molecule has 1 aromatic carbocycles. The molecule has 8 rings (SSSR count). The standard InChI is InChI=1S/C36H46Cl2N8O2/c1-6-30(48)44-19-36(20-44)11-26(12-36)46-21(2)31(32-27-13-39-40-29(27)9-28(37)33(32)38)34(41-46)45-8-7-23(10-35(45,4)5)14-42-15-24-17-43(22(3)47)18-25(24)16-42/h6,9,13,23-26H,1,7-8,10-12,14-20H2,2-5H3,(H,39,40)/t23-,24-,25+/m1/s1. The molecule has 4 saturated heterocycles. The fourth-order valence-electron chi connectivity index (χ4n) is 9.98. The quantitative estimate of drug-likeness (QED) is 0.329. The normalized spacial score (nSPS) is 26.6. The second kappa shape index (κ2) is 11.5. The van der Waals surface area contributed by atoms with Crippen LogP contribution in [0.4, 0.5) is 5.82 Å². The van der Waals surface area contributed by atoms with Crippen LogP contribution in [0.5, 0.6) is 0 Å². The fourth-order valence-corrected chi connectivity index (χ4v) is 10.4. The summed E-state index contributed by atoms with van der Waals surface area (Å²) in [5.74, 6) is 2.99. The maximum atomic E-state index is 12.1. The first-order chi connectivity index (χ1) is 22.9. The summed E-state index contributed by atoms with van der Waals surface area (Å²) in [6, 6.07) is 2.10. The lowest BCUT2D eigenvalue weighted by Crippen LogP contribution is -2.63. The number of halogens is 2. The molecule has 1 saturated carbocycles. The molecule has 2 aromatic heterocycles. The molecular weight excluding hydrogens is 647 g/mol. The smallest absolute Gasteiger partial charge is 0.245 e. The first-order valence-corrected chi connectivity index (χ1v) is 18.2. The van der Waals surface area contributed by atoms with Gasteiger partial charge in [-0.1, -0.05) is 29.8 Å². The average molecular weight is 694 g/mol. The summed E-state index contributed by atoms with van der Waals surface area (Å²) in [5, 5.41) is 14.8. The number of nitrogens with one attached hydrogen (secondary N) is 1. The molecule has 10 nitrogen and oxygen atoms in total. The van der Waals surface area contributed by atoms with Crippen LogP contribution in [-0.2, 0) is 9.59 Å². The Labute approximate surface area is 292 Å². The molecule has 0 radical (unpaired) electrons. The molecule has 4 aliphatic heterocycles. The van der Waals surface area contributed by atoms with Crippen molar-refractivity contribution in [1.29, 1.82) is 0 Å². The molecule has 48 heavy (non-hydrogen) atoms. The van der Waals surface area contributed by atoms with Gasteiger partial charge in [0.1, 0.15) is 0 Å². The third-order valence-electron chi connectivity index (χ3n) is 12.3. The highest BCUT2D eigenvalue weighted by Crippen LogP contribution is 2.56. The highest BCUT2D eigenvalue weighted by atomic mass is 35.5. The number of hydrogen-bond donors (Lipinski definition) is 1. The Morgan fingerprint density at radius 3 is 2.42 bits per heavy atom. The third-order valence-corrected chi connectivity index (χ3v) is 13.1. The van der Waals surface area contributed by atoms with Crippen molar-refractivity contribution in [3.8, 4) is 11.1 Å². The van der Waals surface area contributed by atoms with Crippen molar-refractivity contribution in [3.05, 3.63) is 40.7 Å². The van der Waals surface area contributed by atoms with Gasteiger partial charge in [-0.25, -0.2) is 0 Å². The minimum atomic E-state index is -0.134. The van der Waals surface area contributed by atoms with E-state index in [9.17, 15) is 9.59 Å². The Bertz CT molecular complexity index is 1790. The van der Waals surface area contributed by atoms with Gasteiger partial charge in [0.25, 0.3) is 0 Å². The number of amides is 2. The zero-order valence-corrected chi connectivity index (χ0v) is 29.9. The first-order valence-electron chi connectivity index (χ1n) is 17.4. The minimum Gasteiger partial charge on any atom is -0.349 e. The van der Waals surface area contributed by atoms with E-state index in [4.69, 9.17) is 28.3 Å². The number of H-pyrrole nitrogens is 1. The summed E-state index contributed by atoms with van der Waals surface area (Å²) in [4.78, 5) is 33.2. The molecular formula is C36H46Cl2N8O2. The molecule has 1 aliphatic carbocycles. The number of aromatic nitrogens is 4. The number of nitrogens with zero attached hydrogens (tertiary/aromatic N) is 7. The lowest BCUT2D eigenvalue weighted by Gasteiger charge is -2.58. The van der Waals surface area contributed by atoms with E-state index in [1.54, 1.807) is 6.92 Å². The van der Waals surface area contributed by atoms with E-state index >= 15 is 0 Å². The maximum Gasteiger partial charge on any atom is 0.245 e. The van der Waals surface area contributed by atoms with Gasteiger partial charge in [-0.3, -0.25) is 19.4 Å². The van der Waals surface area contributed by atoms with Gasteiger partial charge in [-0.15, -0.1) is 0 Å². The van der Waals surface area contributed by atoms with Crippen molar-refractivity contribution in [2.24, 2.45) is 23.2 Å². The zero-order valence-electron chi connectivity index (χ0n) is 28.4. The van der Waals surface area contributed by atoms with Crippen molar-refractivity contribution >= 4 is 51.7 Å². The number of anilines is 1. The van der Waals surface area contributed by atoms with Crippen LogP contribution in [0, 0.1) is 30.1 Å². The predicted octanol–water partition coefficient (Wildman–Crippen LogP) is 5.80. The molecule has 2 amide bonds. The topological polar surface area (TPSA) is 93.6 Å². The van der Waals surface area contributed by atoms with Gasteiger partial charge in [-0.05, 0) is 76.4 Å². The number of likely N-dealkylation sites (tertiary alicyclic amines) is 3.